The molecule has 1 fully saturated rings. The van der Waals surface area contributed by atoms with Gasteiger partial charge >= 0.3 is 6.09 Å². The molecule has 28 heavy (non-hydrogen) atoms. The van der Waals surface area contributed by atoms with Crippen molar-refractivity contribution in [2.75, 3.05) is 25.0 Å². The number of carbonyl (C=O) groups excluding carboxylic acids is 2. The van der Waals surface area contributed by atoms with Crippen LogP contribution in [0.1, 0.15) is 38.4 Å². The third-order valence-electron chi connectivity index (χ3n) is 5.01. The van der Waals surface area contributed by atoms with Crippen LogP contribution in [-0.4, -0.2) is 46.1 Å². The number of benzene rings is 1. The summed E-state index contributed by atoms with van der Waals surface area (Å²) in [5, 5.41) is 2.97. The Morgan fingerprint density at radius 2 is 2.07 bits per heavy atom. The number of rotatable bonds is 6. The molecule has 0 spiro atoms. The number of aryl methyl sites for hydroxylation is 1. The van der Waals surface area contributed by atoms with Crippen molar-refractivity contribution in [3.05, 3.63) is 42.5 Å². The molecule has 1 aliphatic heterocycles. The van der Waals surface area contributed by atoms with Crippen LogP contribution in [0.4, 0.5) is 10.5 Å². The van der Waals surface area contributed by atoms with E-state index in [0.29, 0.717) is 19.7 Å². The van der Waals surface area contributed by atoms with E-state index in [1.807, 2.05) is 42.0 Å². The first kappa shape index (κ1) is 19.9. The van der Waals surface area contributed by atoms with Crippen molar-refractivity contribution >= 4 is 17.7 Å². The Bertz CT molecular complexity index is 800. The number of nitrogens with one attached hydrogen (secondary N) is 1. The van der Waals surface area contributed by atoms with E-state index in [1.165, 1.54) is 0 Å². The number of hydrogen-bond acceptors (Lipinski definition) is 4. The van der Waals surface area contributed by atoms with Gasteiger partial charge in [0, 0.05) is 36.9 Å². The van der Waals surface area contributed by atoms with Crippen LogP contribution in [0.3, 0.4) is 0 Å². The van der Waals surface area contributed by atoms with Crippen molar-refractivity contribution in [2.45, 2.75) is 39.5 Å². The lowest BCUT2D eigenvalue weighted by molar-refractivity contribution is -0.121. The van der Waals surface area contributed by atoms with E-state index in [-0.39, 0.29) is 17.9 Å². The topological polar surface area (TPSA) is 76.5 Å². The van der Waals surface area contributed by atoms with Crippen molar-refractivity contribution in [3.63, 3.8) is 0 Å². The molecule has 0 saturated carbocycles. The summed E-state index contributed by atoms with van der Waals surface area (Å²) in [5.41, 5.74) is 1.74. The molecule has 2 amide bonds. The van der Waals surface area contributed by atoms with Crippen LogP contribution < -0.4 is 5.32 Å². The number of carbonyl (C=O) groups is 2. The number of nitrogens with zero attached hydrogens (tertiary/aromatic N) is 3. The summed E-state index contributed by atoms with van der Waals surface area (Å²) >= 11 is 0. The lowest BCUT2D eigenvalue weighted by Crippen LogP contribution is -2.44. The quantitative estimate of drug-likeness (QED) is 0.769. The van der Waals surface area contributed by atoms with Gasteiger partial charge in [0.05, 0.1) is 12.5 Å². The van der Waals surface area contributed by atoms with E-state index < -0.39 is 0 Å². The normalized spacial score (nSPS) is 16.6. The van der Waals surface area contributed by atoms with Crippen LogP contribution in [-0.2, 0) is 9.53 Å². The van der Waals surface area contributed by atoms with E-state index in [9.17, 15) is 9.59 Å². The molecule has 1 saturated heterocycles. The molecular formula is C21H28N4O3. The van der Waals surface area contributed by atoms with Gasteiger partial charge in [-0.2, -0.15) is 0 Å². The molecule has 1 aromatic carbocycles. The number of aromatic nitrogens is 2. The number of likely N-dealkylation sites (tertiary alicyclic amines) is 1. The molecule has 3 rings (SSSR count). The van der Waals surface area contributed by atoms with Crippen molar-refractivity contribution in [3.8, 4) is 5.69 Å². The molecule has 2 aromatic rings. The lowest BCUT2D eigenvalue weighted by atomic mass is 9.97. The van der Waals surface area contributed by atoms with Crippen molar-refractivity contribution in [1.29, 1.82) is 0 Å². The zero-order chi connectivity index (χ0) is 19.9. The second kappa shape index (κ2) is 9.39. The Hall–Kier alpha value is -2.83. The molecule has 1 atom stereocenters. The molecule has 1 N–H and O–H groups in total. The molecule has 2 heterocycles. The summed E-state index contributed by atoms with van der Waals surface area (Å²) in [6, 6.07) is 7.66. The monoisotopic (exact) mass is 384 g/mol. The van der Waals surface area contributed by atoms with E-state index >= 15 is 0 Å². The highest BCUT2D eigenvalue weighted by Crippen LogP contribution is 2.20. The van der Waals surface area contributed by atoms with Crippen molar-refractivity contribution < 1.29 is 14.3 Å². The fourth-order valence-corrected chi connectivity index (χ4v) is 3.35. The molecule has 0 aliphatic carbocycles. The highest BCUT2D eigenvalue weighted by atomic mass is 16.6. The van der Waals surface area contributed by atoms with Crippen LogP contribution in [0, 0.1) is 12.8 Å². The van der Waals surface area contributed by atoms with Gasteiger partial charge in [-0.15, -0.1) is 0 Å². The average Bonchev–Trinajstić information content (AvgIpc) is 3.14. The average molecular weight is 384 g/mol. The van der Waals surface area contributed by atoms with Crippen LogP contribution in [0.15, 0.2) is 36.7 Å². The van der Waals surface area contributed by atoms with E-state index in [4.69, 9.17) is 4.74 Å². The standard InChI is InChI=1S/C21H28N4O3/c1-3-4-14-28-21(27)24-12-5-6-17(15-24)20(26)23-18-7-9-19(10-8-18)25-13-11-22-16(25)2/h7-11,13,17H,3-6,12,14-15H2,1-2H3,(H,23,26)/t17-/m1/s1. The smallest absolute Gasteiger partial charge is 0.409 e. The van der Waals surface area contributed by atoms with E-state index in [2.05, 4.69) is 17.2 Å². The van der Waals surface area contributed by atoms with Crippen LogP contribution in [0.25, 0.3) is 5.69 Å². The zero-order valence-corrected chi connectivity index (χ0v) is 16.6. The van der Waals surface area contributed by atoms with Gasteiger partial charge in [-0.1, -0.05) is 13.3 Å². The summed E-state index contributed by atoms with van der Waals surface area (Å²) in [6.07, 6.45) is 6.77. The number of hydrogen-bond donors (Lipinski definition) is 1. The molecule has 1 aromatic heterocycles. The summed E-state index contributed by atoms with van der Waals surface area (Å²) in [6.45, 7) is 5.48. The maximum Gasteiger partial charge on any atom is 0.409 e. The molecule has 150 valence electrons. The van der Waals surface area contributed by atoms with Gasteiger partial charge in [-0.25, -0.2) is 9.78 Å². The van der Waals surface area contributed by atoms with Gasteiger partial charge in [0.25, 0.3) is 0 Å². The summed E-state index contributed by atoms with van der Waals surface area (Å²) in [7, 11) is 0. The summed E-state index contributed by atoms with van der Waals surface area (Å²) < 4.78 is 7.26. The first-order chi connectivity index (χ1) is 13.6. The highest BCUT2D eigenvalue weighted by Gasteiger charge is 2.29. The fourth-order valence-electron chi connectivity index (χ4n) is 3.35. The Morgan fingerprint density at radius 3 is 2.75 bits per heavy atom. The molecule has 0 bridgehead atoms. The van der Waals surface area contributed by atoms with Gasteiger partial charge in [0.15, 0.2) is 0 Å². The van der Waals surface area contributed by atoms with Gasteiger partial charge in [0.1, 0.15) is 5.82 Å². The third-order valence-corrected chi connectivity index (χ3v) is 5.01. The molecule has 0 radical (unpaired) electrons. The van der Waals surface area contributed by atoms with E-state index in [0.717, 1.165) is 42.9 Å². The molecule has 1 aliphatic rings. The minimum absolute atomic E-state index is 0.0578. The Labute approximate surface area is 165 Å². The maximum atomic E-state index is 12.7. The molecule has 7 nitrogen and oxygen atoms in total. The summed E-state index contributed by atoms with van der Waals surface area (Å²) in [4.78, 5) is 30.7. The van der Waals surface area contributed by atoms with Gasteiger partial charge < -0.3 is 19.5 Å². The van der Waals surface area contributed by atoms with Crippen LogP contribution in [0.2, 0.25) is 0 Å². The number of anilines is 1. The number of unbranched alkanes of at least 4 members (excludes halogenated alkanes) is 1. The first-order valence-corrected chi connectivity index (χ1v) is 9.91. The Kier molecular flexibility index (Phi) is 6.68. The molecule has 0 unspecified atom stereocenters. The SMILES string of the molecule is CCCCOC(=O)N1CCC[C@@H](C(=O)Nc2ccc(-n3ccnc3C)cc2)C1. The second-order valence-corrected chi connectivity index (χ2v) is 7.13. The van der Waals surface area contributed by atoms with Gasteiger partial charge in [0.2, 0.25) is 5.91 Å². The highest BCUT2D eigenvalue weighted by molar-refractivity contribution is 5.93. The second-order valence-electron chi connectivity index (χ2n) is 7.13. The Morgan fingerprint density at radius 1 is 1.29 bits per heavy atom. The number of piperidine rings is 1. The van der Waals surface area contributed by atoms with E-state index in [1.54, 1.807) is 11.1 Å². The minimum atomic E-state index is -0.314. The molecule has 7 heteroatoms. The van der Waals surface area contributed by atoms with Crippen molar-refractivity contribution in [2.24, 2.45) is 5.92 Å². The minimum Gasteiger partial charge on any atom is -0.449 e. The zero-order valence-electron chi connectivity index (χ0n) is 16.6. The summed E-state index contributed by atoms with van der Waals surface area (Å²) in [5.74, 6) is 0.630. The molecular weight excluding hydrogens is 356 g/mol. The number of amides is 2. The fraction of sp³-hybridized carbons (Fsp3) is 0.476. The van der Waals surface area contributed by atoms with Crippen molar-refractivity contribution in [1.82, 2.24) is 14.5 Å². The maximum absolute atomic E-state index is 12.7. The van der Waals surface area contributed by atoms with Crippen LogP contribution in [0.5, 0.6) is 0 Å². The predicted molar refractivity (Wildman–Crippen MR) is 107 cm³/mol. The van der Waals surface area contributed by atoms with Gasteiger partial charge in [-0.3, -0.25) is 4.79 Å². The Balaban J connectivity index is 1.55. The number of imidazole rings is 1. The lowest BCUT2D eigenvalue weighted by Gasteiger charge is -2.31. The third kappa shape index (κ3) is 4.91. The largest absolute Gasteiger partial charge is 0.449 e. The van der Waals surface area contributed by atoms with Crippen LogP contribution >= 0.6 is 0 Å². The van der Waals surface area contributed by atoms with Gasteiger partial charge in [-0.05, 0) is 50.5 Å². The first-order valence-electron chi connectivity index (χ1n) is 9.91. The number of ether oxygens (including phenoxy) is 1. The predicted octanol–water partition coefficient (Wildman–Crippen LogP) is 3.77.